The van der Waals surface area contributed by atoms with Crippen molar-refractivity contribution < 1.29 is 19.3 Å². The van der Waals surface area contributed by atoms with Gasteiger partial charge in [-0.25, -0.2) is 0 Å². The van der Waals surface area contributed by atoms with Gasteiger partial charge in [-0.15, -0.1) is 0 Å². The van der Waals surface area contributed by atoms with Crippen molar-refractivity contribution >= 4 is 45.0 Å². The Morgan fingerprint density at radius 3 is 2.18 bits per heavy atom. The number of hydrogen-bond acceptors (Lipinski definition) is 5. The molecule has 6 unspecified atom stereocenters. The Kier molecular flexibility index (Phi) is 4.74. The number of hydrogen-bond donors (Lipinski definition) is 0. The first-order valence-electron chi connectivity index (χ1n) is 11.2. The highest BCUT2D eigenvalue weighted by Crippen LogP contribution is 2.65. The van der Waals surface area contributed by atoms with E-state index in [1.807, 2.05) is 0 Å². The van der Waals surface area contributed by atoms with Crippen molar-refractivity contribution in [3.8, 4) is 0 Å². The Morgan fingerprint density at radius 2 is 1.59 bits per heavy atom. The highest BCUT2D eigenvalue weighted by molar-refractivity contribution is 9.10. The van der Waals surface area contributed by atoms with E-state index in [0.29, 0.717) is 17.5 Å². The molecule has 5 aliphatic rings. The highest BCUT2D eigenvalue weighted by atomic mass is 79.9. The number of para-hydroxylation sites is 1. The van der Waals surface area contributed by atoms with Crippen LogP contribution in [0.5, 0.6) is 0 Å². The number of benzene rings is 2. The summed E-state index contributed by atoms with van der Waals surface area (Å²) in [6.07, 6.45) is 5.26. The van der Waals surface area contributed by atoms with Gasteiger partial charge in [0.25, 0.3) is 11.6 Å². The fourth-order valence-corrected chi connectivity index (χ4v) is 6.41. The van der Waals surface area contributed by atoms with Crippen molar-refractivity contribution in [3.63, 3.8) is 0 Å². The molecule has 8 nitrogen and oxygen atoms in total. The molecule has 0 spiro atoms. The largest absolute Gasteiger partial charge is 0.289 e. The Labute approximate surface area is 203 Å². The molecule has 3 amide bonds. The third kappa shape index (κ3) is 3.06. The van der Waals surface area contributed by atoms with Crippen LogP contribution in [0.15, 0.2) is 65.2 Å². The molecular formula is C25H20BrN3O5. The summed E-state index contributed by atoms with van der Waals surface area (Å²) in [5.74, 6) is -0.794. The van der Waals surface area contributed by atoms with Crippen LogP contribution in [0.3, 0.4) is 0 Å². The molecule has 7 rings (SSSR count). The predicted molar refractivity (Wildman–Crippen MR) is 125 cm³/mol. The first-order valence-corrected chi connectivity index (χ1v) is 12.0. The average Bonchev–Trinajstić information content (AvgIpc) is 3.63. The van der Waals surface area contributed by atoms with Crippen LogP contribution in [0.2, 0.25) is 0 Å². The minimum absolute atomic E-state index is 0.0773. The molecule has 9 heteroatoms. The molecule has 0 N–H and O–H groups in total. The number of nitro benzene ring substituents is 1. The van der Waals surface area contributed by atoms with Gasteiger partial charge in [0, 0.05) is 16.2 Å². The van der Waals surface area contributed by atoms with Crippen molar-refractivity contribution in [2.24, 2.45) is 35.5 Å². The summed E-state index contributed by atoms with van der Waals surface area (Å²) in [4.78, 5) is 54.0. The minimum Gasteiger partial charge on any atom is -0.289 e. The Balaban J connectivity index is 1.36. The molecule has 1 saturated heterocycles. The summed E-state index contributed by atoms with van der Waals surface area (Å²) in [7, 11) is 0. The van der Waals surface area contributed by atoms with Gasteiger partial charge < -0.3 is 0 Å². The van der Waals surface area contributed by atoms with Crippen molar-refractivity contribution in [1.29, 1.82) is 0 Å². The van der Waals surface area contributed by atoms with E-state index in [1.54, 1.807) is 30.3 Å². The number of anilines is 1. The van der Waals surface area contributed by atoms with E-state index >= 15 is 0 Å². The number of amides is 3. The van der Waals surface area contributed by atoms with Crippen LogP contribution < -0.4 is 4.90 Å². The summed E-state index contributed by atoms with van der Waals surface area (Å²) >= 11 is 3.37. The molecule has 1 heterocycles. The fraction of sp³-hybridized carbons (Fsp3) is 0.320. The second-order valence-corrected chi connectivity index (χ2v) is 10.3. The summed E-state index contributed by atoms with van der Waals surface area (Å²) < 4.78 is 0.788. The number of imide groups is 1. The third-order valence-corrected chi connectivity index (χ3v) is 8.28. The number of carbonyl (C=O) groups is 3. The van der Waals surface area contributed by atoms with Crippen LogP contribution in [0, 0.1) is 45.6 Å². The summed E-state index contributed by atoms with van der Waals surface area (Å²) in [6, 6.07) is 12.5. The number of halogens is 1. The molecule has 4 aliphatic carbocycles. The lowest BCUT2D eigenvalue weighted by Crippen LogP contribution is -2.45. The molecule has 6 atom stereocenters. The monoisotopic (exact) mass is 521 g/mol. The van der Waals surface area contributed by atoms with E-state index in [9.17, 15) is 24.5 Å². The maximum absolute atomic E-state index is 13.6. The number of carbonyl (C=O) groups excluding carboxylic acids is 3. The van der Waals surface area contributed by atoms with Crippen LogP contribution in [0.25, 0.3) is 0 Å². The van der Waals surface area contributed by atoms with Gasteiger partial charge >= 0.3 is 0 Å². The topological polar surface area (TPSA) is 101 Å². The van der Waals surface area contributed by atoms with Crippen LogP contribution in [-0.2, 0) is 9.59 Å². The molecule has 3 fully saturated rings. The van der Waals surface area contributed by atoms with E-state index in [2.05, 4.69) is 28.1 Å². The van der Waals surface area contributed by atoms with Crippen molar-refractivity contribution in [2.75, 3.05) is 11.6 Å². The van der Waals surface area contributed by atoms with Crippen LogP contribution in [-0.4, -0.2) is 34.2 Å². The molecule has 34 heavy (non-hydrogen) atoms. The minimum atomic E-state index is -0.644. The number of rotatable bonds is 5. The number of likely N-dealkylation sites (tertiary alicyclic amines) is 1. The second-order valence-electron chi connectivity index (χ2n) is 9.38. The van der Waals surface area contributed by atoms with Crippen LogP contribution in [0.4, 0.5) is 11.4 Å². The lowest BCUT2D eigenvalue weighted by Gasteiger charge is -2.37. The lowest BCUT2D eigenvalue weighted by molar-refractivity contribution is -0.385. The van der Waals surface area contributed by atoms with Gasteiger partial charge in [-0.2, -0.15) is 0 Å². The maximum Gasteiger partial charge on any atom is 0.282 e. The van der Waals surface area contributed by atoms with E-state index in [4.69, 9.17) is 0 Å². The first kappa shape index (κ1) is 21.2. The van der Waals surface area contributed by atoms with E-state index in [1.165, 1.54) is 28.0 Å². The summed E-state index contributed by atoms with van der Waals surface area (Å²) in [5.41, 5.74) is 0.00497. The van der Waals surface area contributed by atoms with Crippen LogP contribution in [0.1, 0.15) is 16.8 Å². The van der Waals surface area contributed by atoms with E-state index < -0.39 is 10.8 Å². The normalized spacial score (nSPS) is 30.2. The quantitative estimate of drug-likeness (QED) is 0.256. The highest BCUT2D eigenvalue weighted by Gasteiger charge is 2.67. The zero-order valence-corrected chi connectivity index (χ0v) is 19.5. The molecule has 2 bridgehead atoms. The van der Waals surface area contributed by atoms with Gasteiger partial charge in [-0.1, -0.05) is 40.2 Å². The zero-order valence-electron chi connectivity index (χ0n) is 17.9. The zero-order chi connectivity index (χ0) is 23.7. The lowest BCUT2D eigenvalue weighted by atomic mass is 9.63. The fourth-order valence-electron chi connectivity index (χ4n) is 6.14. The van der Waals surface area contributed by atoms with Crippen molar-refractivity contribution in [1.82, 2.24) is 4.90 Å². The van der Waals surface area contributed by atoms with Crippen molar-refractivity contribution in [3.05, 3.63) is 80.8 Å². The molecule has 1 aliphatic heterocycles. The summed E-state index contributed by atoms with van der Waals surface area (Å²) in [6.45, 7) is -0.286. The average molecular weight is 522 g/mol. The summed E-state index contributed by atoms with van der Waals surface area (Å²) in [5, 5.41) is 11.6. The number of allylic oxidation sites excluding steroid dienone is 2. The van der Waals surface area contributed by atoms with Gasteiger partial charge in [-0.05, 0) is 60.4 Å². The molecule has 0 aromatic heterocycles. The molecule has 2 saturated carbocycles. The molecule has 2 aromatic rings. The predicted octanol–water partition coefficient (Wildman–Crippen LogP) is 4.01. The first-order chi connectivity index (χ1) is 16.4. The molecule has 172 valence electrons. The maximum atomic E-state index is 13.6. The van der Waals surface area contributed by atoms with Gasteiger partial charge in [-0.3, -0.25) is 34.3 Å². The second kappa shape index (κ2) is 7.59. The Hall–Kier alpha value is -3.33. The molecular weight excluding hydrogens is 502 g/mol. The number of nitro groups is 1. The van der Waals surface area contributed by atoms with E-state index in [-0.39, 0.29) is 53.4 Å². The van der Waals surface area contributed by atoms with Gasteiger partial charge in [0.05, 0.1) is 16.8 Å². The van der Waals surface area contributed by atoms with Crippen molar-refractivity contribution in [2.45, 2.75) is 6.42 Å². The Bertz CT molecular complexity index is 1240. The molecule has 0 radical (unpaired) electrons. The SMILES string of the molecule is O=C1C2C3C=CC(C4CC34)C2C(=O)N1CN(C(=O)c1ccccc1[N+](=O)[O-])c1ccc(Br)cc1. The molecule has 2 aromatic carbocycles. The van der Waals surface area contributed by atoms with Gasteiger partial charge in [0.2, 0.25) is 11.8 Å². The van der Waals surface area contributed by atoms with E-state index in [0.717, 1.165) is 10.9 Å². The van der Waals surface area contributed by atoms with Crippen LogP contribution >= 0.6 is 15.9 Å². The smallest absolute Gasteiger partial charge is 0.282 e. The van der Waals surface area contributed by atoms with Gasteiger partial charge in [0.1, 0.15) is 12.2 Å². The Morgan fingerprint density at radius 1 is 1.00 bits per heavy atom. The van der Waals surface area contributed by atoms with Gasteiger partial charge in [0.15, 0.2) is 0 Å². The number of nitrogens with zero attached hydrogens (tertiary/aromatic N) is 3. The standard InChI is InChI=1S/C25H20BrN3O5/c26-13-5-7-14(8-6-13)27(23(30)17-3-1-2-4-20(17)29(33)34)12-28-24(31)21-15-9-10-16(19-11-18(15)19)22(21)25(28)32/h1-10,15-16,18-19,21-22H,11-12H2. The third-order valence-electron chi connectivity index (χ3n) is 7.75.